The number of rotatable bonds is 2. The van der Waals surface area contributed by atoms with E-state index >= 15 is 0 Å². The van der Waals surface area contributed by atoms with Crippen LogP contribution in [0.5, 0.6) is 0 Å². The van der Waals surface area contributed by atoms with Crippen LogP contribution in [0.2, 0.25) is 0 Å². The Morgan fingerprint density at radius 3 is 2.41 bits per heavy atom. The molecule has 1 fully saturated rings. The molecule has 2 N–H and O–H groups in total. The van der Waals surface area contributed by atoms with Crippen molar-refractivity contribution in [2.75, 3.05) is 13.1 Å². The second-order valence-electron chi connectivity index (χ2n) is 5.81. The summed E-state index contributed by atoms with van der Waals surface area (Å²) in [6, 6.07) is 14.1. The third kappa shape index (κ3) is 2.89. The van der Waals surface area contributed by atoms with E-state index in [2.05, 4.69) is 12.1 Å². The maximum absolute atomic E-state index is 12.7. The van der Waals surface area contributed by atoms with Gasteiger partial charge in [-0.05, 0) is 24.6 Å². The first-order valence-electron chi connectivity index (χ1n) is 7.30. The van der Waals surface area contributed by atoms with Crippen LogP contribution in [-0.2, 0) is 7.05 Å². The molecule has 0 radical (unpaired) electrons. The van der Waals surface area contributed by atoms with Gasteiger partial charge in [0.05, 0.1) is 0 Å². The first-order chi connectivity index (χ1) is 10.1. The van der Waals surface area contributed by atoms with Crippen molar-refractivity contribution in [3.05, 3.63) is 59.4 Å². The number of likely N-dealkylation sites (tertiary alicyclic amines) is 1. The number of carbonyl (C=O) groups is 1. The summed E-state index contributed by atoms with van der Waals surface area (Å²) in [6.45, 7) is 3.30. The lowest BCUT2D eigenvalue weighted by atomic mass is 9.95. The molecule has 5 heteroatoms. The molecule has 0 unspecified atom stereocenters. The highest BCUT2D eigenvalue weighted by molar-refractivity contribution is 5.93. The van der Waals surface area contributed by atoms with E-state index in [0.29, 0.717) is 13.1 Å². The molecule has 0 aliphatic carbocycles. The molecule has 1 aliphatic rings. The minimum absolute atomic E-state index is 0. The van der Waals surface area contributed by atoms with Crippen molar-refractivity contribution >= 4 is 18.3 Å². The van der Waals surface area contributed by atoms with Crippen LogP contribution in [-0.4, -0.2) is 34.5 Å². The van der Waals surface area contributed by atoms with Gasteiger partial charge in [-0.1, -0.05) is 30.3 Å². The number of aryl methyl sites for hydroxylation is 1. The van der Waals surface area contributed by atoms with Crippen LogP contribution in [0, 0.1) is 6.92 Å². The number of aromatic nitrogens is 1. The first-order valence-corrected chi connectivity index (χ1v) is 7.30. The van der Waals surface area contributed by atoms with E-state index in [4.69, 9.17) is 5.73 Å². The molecule has 2 heterocycles. The molecule has 1 aromatic heterocycles. The highest BCUT2D eigenvalue weighted by Crippen LogP contribution is 2.27. The lowest BCUT2D eigenvalue weighted by Crippen LogP contribution is -2.33. The number of hydrogen-bond donors (Lipinski definition) is 1. The van der Waals surface area contributed by atoms with E-state index in [1.165, 1.54) is 5.56 Å². The molecule has 1 aliphatic heterocycles. The fourth-order valence-electron chi connectivity index (χ4n) is 3.04. The summed E-state index contributed by atoms with van der Waals surface area (Å²) in [4.78, 5) is 14.5. The maximum Gasteiger partial charge on any atom is 0.270 e. The molecule has 4 nitrogen and oxygen atoms in total. The average molecular weight is 320 g/mol. The lowest BCUT2D eigenvalue weighted by Gasteiger charge is -2.17. The lowest BCUT2D eigenvalue weighted by molar-refractivity contribution is 0.0779. The summed E-state index contributed by atoms with van der Waals surface area (Å²) in [5, 5.41) is 0. The predicted octanol–water partition coefficient (Wildman–Crippen LogP) is 2.32. The molecule has 1 aromatic carbocycles. The second kappa shape index (κ2) is 6.55. The Morgan fingerprint density at radius 2 is 1.82 bits per heavy atom. The van der Waals surface area contributed by atoms with Gasteiger partial charge in [0.25, 0.3) is 5.91 Å². The zero-order valence-electron chi connectivity index (χ0n) is 12.9. The predicted molar refractivity (Wildman–Crippen MR) is 90.5 cm³/mol. The van der Waals surface area contributed by atoms with Crippen molar-refractivity contribution in [1.29, 1.82) is 0 Å². The minimum atomic E-state index is -0.00212. The number of benzene rings is 1. The van der Waals surface area contributed by atoms with Crippen molar-refractivity contribution in [1.82, 2.24) is 9.47 Å². The van der Waals surface area contributed by atoms with E-state index < -0.39 is 0 Å². The third-order valence-corrected chi connectivity index (χ3v) is 4.47. The summed E-state index contributed by atoms with van der Waals surface area (Å²) >= 11 is 0. The SMILES string of the molecule is Cc1ccc(C(=O)N2C[C@@H](N)[C@H](c3ccccc3)C2)n1C.Cl. The molecule has 1 amide bonds. The average Bonchev–Trinajstić information content (AvgIpc) is 3.04. The van der Waals surface area contributed by atoms with Gasteiger partial charge in [0.15, 0.2) is 0 Å². The van der Waals surface area contributed by atoms with Crippen LogP contribution in [0.4, 0.5) is 0 Å². The molecule has 0 saturated carbocycles. The quantitative estimate of drug-likeness (QED) is 0.923. The monoisotopic (exact) mass is 319 g/mol. The Morgan fingerprint density at radius 1 is 1.14 bits per heavy atom. The maximum atomic E-state index is 12.7. The molecule has 2 atom stereocenters. The minimum Gasteiger partial charge on any atom is -0.344 e. The van der Waals surface area contributed by atoms with Gasteiger partial charge in [0.1, 0.15) is 5.69 Å². The van der Waals surface area contributed by atoms with E-state index in [9.17, 15) is 4.79 Å². The van der Waals surface area contributed by atoms with Crippen LogP contribution >= 0.6 is 12.4 Å². The summed E-state index contributed by atoms with van der Waals surface area (Å²) in [5.74, 6) is 0.288. The number of halogens is 1. The highest BCUT2D eigenvalue weighted by Gasteiger charge is 2.34. The van der Waals surface area contributed by atoms with Crippen molar-refractivity contribution in [2.24, 2.45) is 12.8 Å². The third-order valence-electron chi connectivity index (χ3n) is 4.47. The van der Waals surface area contributed by atoms with Crippen molar-refractivity contribution in [3.8, 4) is 0 Å². The van der Waals surface area contributed by atoms with E-state index in [1.54, 1.807) is 0 Å². The van der Waals surface area contributed by atoms with Crippen LogP contribution in [0.25, 0.3) is 0 Å². The van der Waals surface area contributed by atoms with E-state index in [-0.39, 0.29) is 30.3 Å². The largest absolute Gasteiger partial charge is 0.344 e. The molecule has 3 rings (SSSR count). The van der Waals surface area contributed by atoms with Gasteiger partial charge in [0, 0.05) is 37.8 Å². The normalized spacial score (nSPS) is 20.8. The Bertz CT molecular complexity index is 653. The topological polar surface area (TPSA) is 51.3 Å². The van der Waals surface area contributed by atoms with Gasteiger partial charge in [0.2, 0.25) is 0 Å². The Labute approximate surface area is 137 Å². The van der Waals surface area contributed by atoms with E-state index in [0.717, 1.165) is 11.4 Å². The standard InChI is InChI=1S/C17H21N3O.ClH/c1-12-8-9-16(19(12)2)17(21)20-10-14(15(18)11-20)13-6-4-3-5-7-13;/h3-9,14-15H,10-11,18H2,1-2H3;1H/t14-,15+;/m0./s1. The molecule has 2 aromatic rings. The Hall–Kier alpha value is -1.78. The molecule has 1 saturated heterocycles. The fraction of sp³-hybridized carbons (Fsp3) is 0.353. The van der Waals surface area contributed by atoms with Crippen molar-refractivity contribution < 1.29 is 4.79 Å². The molecule has 0 bridgehead atoms. The van der Waals surface area contributed by atoms with Gasteiger partial charge >= 0.3 is 0 Å². The molecular formula is C17H22ClN3O. The molecular weight excluding hydrogens is 298 g/mol. The zero-order valence-corrected chi connectivity index (χ0v) is 13.7. The summed E-state index contributed by atoms with van der Waals surface area (Å²) < 4.78 is 1.93. The first kappa shape index (κ1) is 16.6. The molecule has 0 spiro atoms. The highest BCUT2D eigenvalue weighted by atomic mass is 35.5. The van der Waals surface area contributed by atoms with Gasteiger partial charge in [-0.2, -0.15) is 0 Å². The van der Waals surface area contributed by atoms with Crippen molar-refractivity contribution in [3.63, 3.8) is 0 Å². The van der Waals surface area contributed by atoms with Crippen LogP contribution in [0.15, 0.2) is 42.5 Å². The van der Waals surface area contributed by atoms with Crippen LogP contribution in [0.1, 0.15) is 27.7 Å². The Kier molecular flexibility index (Phi) is 4.94. The molecule has 22 heavy (non-hydrogen) atoms. The van der Waals surface area contributed by atoms with Crippen LogP contribution in [0.3, 0.4) is 0 Å². The fourth-order valence-corrected chi connectivity index (χ4v) is 3.04. The summed E-state index contributed by atoms with van der Waals surface area (Å²) in [7, 11) is 1.92. The van der Waals surface area contributed by atoms with Gasteiger partial charge in [-0.25, -0.2) is 0 Å². The number of hydrogen-bond acceptors (Lipinski definition) is 2. The summed E-state index contributed by atoms with van der Waals surface area (Å²) in [5.41, 5.74) is 9.29. The second-order valence-corrected chi connectivity index (χ2v) is 5.81. The summed E-state index contributed by atoms with van der Waals surface area (Å²) in [6.07, 6.45) is 0. The van der Waals surface area contributed by atoms with Crippen LogP contribution < -0.4 is 5.73 Å². The van der Waals surface area contributed by atoms with Gasteiger partial charge < -0.3 is 15.2 Å². The smallest absolute Gasteiger partial charge is 0.270 e. The van der Waals surface area contributed by atoms with Gasteiger partial charge in [-0.15, -0.1) is 12.4 Å². The zero-order chi connectivity index (χ0) is 15.0. The Balaban J connectivity index is 0.00000176. The number of carbonyl (C=O) groups excluding carboxylic acids is 1. The number of nitrogens with zero attached hydrogens (tertiary/aromatic N) is 2. The van der Waals surface area contributed by atoms with Gasteiger partial charge in [-0.3, -0.25) is 4.79 Å². The van der Waals surface area contributed by atoms with Crippen molar-refractivity contribution in [2.45, 2.75) is 18.9 Å². The number of amides is 1. The van der Waals surface area contributed by atoms with E-state index in [1.807, 2.05) is 53.8 Å². The number of nitrogens with two attached hydrogens (primary N) is 1. The molecule has 118 valence electrons.